The number of hydrogen-bond donors (Lipinski definition) is 2. The number of aliphatic hydroxyl groups excluding tert-OH is 1. The molecule has 11 heavy (non-hydrogen) atoms. The first-order valence-corrected chi connectivity index (χ1v) is 3.37. The largest absolute Gasteiger partial charge is 0.398 e. The molecule has 4 heteroatoms. The zero-order valence-electron chi connectivity index (χ0n) is 5.64. The van der Waals surface area contributed by atoms with Gasteiger partial charge in [0, 0.05) is 11.3 Å². The quantitative estimate of drug-likeness (QED) is 0.637. The zero-order valence-corrected chi connectivity index (χ0v) is 6.40. The molecule has 0 heterocycles. The van der Waals surface area contributed by atoms with Gasteiger partial charge in [0.25, 0.3) is 0 Å². The van der Waals surface area contributed by atoms with E-state index in [0.29, 0.717) is 5.56 Å². The second kappa shape index (κ2) is 3.07. The van der Waals surface area contributed by atoms with Crippen molar-refractivity contribution in [3.8, 4) is 0 Å². The Morgan fingerprint density at radius 3 is 2.73 bits per heavy atom. The van der Waals surface area contributed by atoms with Gasteiger partial charge in [0.15, 0.2) is 0 Å². The van der Waals surface area contributed by atoms with Crippen LogP contribution in [0.25, 0.3) is 0 Å². The number of hydrogen-bond acceptors (Lipinski definition) is 2. The first-order valence-electron chi connectivity index (χ1n) is 2.99. The molecule has 0 radical (unpaired) electrons. The van der Waals surface area contributed by atoms with Gasteiger partial charge in [-0.15, -0.1) is 0 Å². The number of nitrogens with two attached hydrogens (primary N) is 1. The van der Waals surface area contributed by atoms with Gasteiger partial charge in [-0.05, 0) is 12.1 Å². The van der Waals surface area contributed by atoms with Gasteiger partial charge in [-0.3, -0.25) is 0 Å². The van der Waals surface area contributed by atoms with Crippen LogP contribution in [0.5, 0.6) is 0 Å². The average molecular weight is 176 g/mol. The molecule has 1 aromatic rings. The molecule has 0 amide bonds. The summed E-state index contributed by atoms with van der Waals surface area (Å²) >= 11 is 5.42. The summed E-state index contributed by atoms with van der Waals surface area (Å²) < 4.78 is 12.6. The van der Waals surface area contributed by atoms with Crippen LogP contribution in [0.3, 0.4) is 0 Å². The Labute approximate surface area is 68.4 Å². The third-order valence-corrected chi connectivity index (χ3v) is 1.64. The molecule has 1 rings (SSSR count). The molecule has 0 saturated carbocycles. The zero-order chi connectivity index (χ0) is 8.43. The van der Waals surface area contributed by atoms with Crippen molar-refractivity contribution in [1.82, 2.24) is 0 Å². The van der Waals surface area contributed by atoms with Gasteiger partial charge in [-0.1, -0.05) is 11.6 Å². The average Bonchev–Trinajstić information content (AvgIpc) is 1.97. The number of aliphatic hydroxyl groups is 1. The lowest BCUT2D eigenvalue weighted by Crippen LogP contribution is -1.95. The molecule has 0 aliphatic heterocycles. The van der Waals surface area contributed by atoms with E-state index in [4.69, 9.17) is 22.4 Å². The highest BCUT2D eigenvalue weighted by Gasteiger charge is 2.04. The molecule has 0 saturated heterocycles. The minimum atomic E-state index is -0.568. The highest BCUT2D eigenvalue weighted by Crippen LogP contribution is 2.21. The first kappa shape index (κ1) is 8.30. The van der Waals surface area contributed by atoms with Gasteiger partial charge in [0.2, 0.25) is 0 Å². The van der Waals surface area contributed by atoms with Gasteiger partial charge in [-0.2, -0.15) is 0 Å². The Balaban J connectivity index is 3.21. The van der Waals surface area contributed by atoms with E-state index in [1.54, 1.807) is 0 Å². The van der Waals surface area contributed by atoms with Crippen LogP contribution in [0.1, 0.15) is 5.56 Å². The maximum absolute atomic E-state index is 12.6. The van der Waals surface area contributed by atoms with E-state index in [1.807, 2.05) is 0 Å². The standard InChI is InChI=1S/C7H7ClFNO/c8-5-1-4(3-11)7(10)2-6(5)9/h1-2,11H,3,10H2. The van der Waals surface area contributed by atoms with Crippen molar-refractivity contribution in [2.24, 2.45) is 0 Å². The predicted molar refractivity (Wildman–Crippen MR) is 41.7 cm³/mol. The lowest BCUT2D eigenvalue weighted by molar-refractivity contribution is 0.282. The molecular formula is C7H7ClFNO. The molecule has 3 N–H and O–H groups in total. The smallest absolute Gasteiger partial charge is 0.143 e. The molecule has 0 spiro atoms. The second-order valence-corrected chi connectivity index (χ2v) is 2.53. The summed E-state index contributed by atoms with van der Waals surface area (Å²) in [4.78, 5) is 0. The van der Waals surface area contributed by atoms with Crippen molar-refractivity contribution < 1.29 is 9.50 Å². The number of halogens is 2. The van der Waals surface area contributed by atoms with E-state index in [-0.39, 0.29) is 17.3 Å². The van der Waals surface area contributed by atoms with Crippen molar-refractivity contribution >= 4 is 17.3 Å². The minimum Gasteiger partial charge on any atom is -0.398 e. The monoisotopic (exact) mass is 175 g/mol. The van der Waals surface area contributed by atoms with Crippen LogP contribution in [0.2, 0.25) is 5.02 Å². The van der Waals surface area contributed by atoms with Crippen molar-refractivity contribution in [3.63, 3.8) is 0 Å². The molecule has 0 bridgehead atoms. The van der Waals surface area contributed by atoms with Crippen molar-refractivity contribution in [1.29, 1.82) is 0 Å². The fraction of sp³-hybridized carbons (Fsp3) is 0.143. The number of anilines is 1. The van der Waals surface area contributed by atoms with Crippen molar-refractivity contribution in [2.75, 3.05) is 5.73 Å². The summed E-state index contributed by atoms with van der Waals surface area (Å²) in [6.07, 6.45) is 0. The van der Waals surface area contributed by atoms with Gasteiger partial charge in [0.05, 0.1) is 11.6 Å². The van der Waals surface area contributed by atoms with Crippen LogP contribution < -0.4 is 5.73 Å². The summed E-state index contributed by atoms with van der Waals surface area (Å²) in [6.45, 7) is -0.230. The molecule has 0 aliphatic carbocycles. The van der Waals surface area contributed by atoms with Crippen LogP contribution in [0.4, 0.5) is 10.1 Å². The maximum atomic E-state index is 12.6. The minimum absolute atomic E-state index is 0.0248. The van der Waals surface area contributed by atoms with Crippen LogP contribution in [0.15, 0.2) is 12.1 Å². The SMILES string of the molecule is Nc1cc(F)c(Cl)cc1CO. The summed E-state index contributed by atoms with van der Waals surface area (Å²) in [6, 6.07) is 2.40. The van der Waals surface area contributed by atoms with Gasteiger partial charge < -0.3 is 10.8 Å². The molecule has 60 valence electrons. The van der Waals surface area contributed by atoms with E-state index in [2.05, 4.69) is 0 Å². The molecular weight excluding hydrogens is 169 g/mol. The summed E-state index contributed by atoms with van der Waals surface area (Å²) in [5, 5.41) is 8.65. The second-order valence-electron chi connectivity index (χ2n) is 2.12. The van der Waals surface area contributed by atoms with Gasteiger partial charge in [-0.25, -0.2) is 4.39 Å². The van der Waals surface area contributed by atoms with Crippen LogP contribution in [-0.2, 0) is 6.61 Å². The van der Waals surface area contributed by atoms with E-state index < -0.39 is 5.82 Å². The predicted octanol–water partition coefficient (Wildman–Crippen LogP) is 1.55. The fourth-order valence-electron chi connectivity index (χ4n) is 0.740. The molecule has 0 unspecified atom stereocenters. The Morgan fingerprint density at radius 2 is 2.18 bits per heavy atom. The normalized spacial score (nSPS) is 10.1. The number of benzene rings is 1. The van der Waals surface area contributed by atoms with E-state index in [1.165, 1.54) is 6.07 Å². The molecule has 0 atom stereocenters. The lowest BCUT2D eigenvalue weighted by Gasteiger charge is -2.02. The Morgan fingerprint density at radius 1 is 1.55 bits per heavy atom. The van der Waals surface area contributed by atoms with E-state index in [9.17, 15) is 4.39 Å². The highest BCUT2D eigenvalue weighted by atomic mass is 35.5. The third kappa shape index (κ3) is 1.61. The fourth-order valence-corrected chi connectivity index (χ4v) is 0.927. The van der Waals surface area contributed by atoms with E-state index >= 15 is 0 Å². The Bertz CT molecular complexity index is 277. The molecule has 1 aromatic carbocycles. The molecule has 0 aliphatic rings. The number of rotatable bonds is 1. The third-order valence-electron chi connectivity index (χ3n) is 1.35. The summed E-state index contributed by atoms with van der Waals surface area (Å²) in [5.74, 6) is -0.568. The van der Waals surface area contributed by atoms with Gasteiger partial charge >= 0.3 is 0 Å². The van der Waals surface area contributed by atoms with Crippen LogP contribution in [0, 0.1) is 5.82 Å². The highest BCUT2D eigenvalue weighted by molar-refractivity contribution is 6.30. The van der Waals surface area contributed by atoms with Crippen LogP contribution >= 0.6 is 11.6 Å². The maximum Gasteiger partial charge on any atom is 0.143 e. The summed E-state index contributed by atoms with van der Waals surface area (Å²) in [5.41, 5.74) is 6.00. The van der Waals surface area contributed by atoms with Crippen molar-refractivity contribution in [3.05, 3.63) is 28.5 Å². The van der Waals surface area contributed by atoms with Crippen molar-refractivity contribution in [2.45, 2.75) is 6.61 Å². The summed E-state index contributed by atoms with van der Waals surface area (Å²) in [7, 11) is 0. The topological polar surface area (TPSA) is 46.2 Å². The Hall–Kier alpha value is -0.800. The molecule has 0 fully saturated rings. The first-order chi connectivity index (χ1) is 5.15. The Kier molecular flexibility index (Phi) is 2.31. The molecule has 2 nitrogen and oxygen atoms in total. The van der Waals surface area contributed by atoms with Gasteiger partial charge in [0.1, 0.15) is 5.82 Å². The molecule has 0 aromatic heterocycles. The van der Waals surface area contributed by atoms with Crippen LogP contribution in [-0.4, -0.2) is 5.11 Å². The number of nitrogen functional groups attached to an aromatic ring is 1. The van der Waals surface area contributed by atoms with E-state index in [0.717, 1.165) is 6.07 Å². The lowest BCUT2D eigenvalue weighted by atomic mass is 10.2.